The summed E-state index contributed by atoms with van der Waals surface area (Å²) in [6.07, 6.45) is 6.28. The molecular formula is C21H26N6O. The van der Waals surface area contributed by atoms with E-state index >= 15 is 0 Å². The quantitative estimate of drug-likeness (QED) is 0.667. The number of aromatic nitrogens is 4. The number of pyridine rings is 1. The zero-order chi connectivity index (χ0) is 19.3. The molecule has 0 saturated heterocycles. The summed E-state index contributed by atoms with van der Waals surface area (Å²) < 4.78 is 0. The summed E-state index contributed by atoms with van der Waals surface area (Å²) in [4.78, 5) is 30.2. The van der Waals surface area contributed by atoms with Crippen LogP contribution in [0.15, 0.2) is 48.7 Å². The number of nitrogens with zero attached hydrogens (tertiary/aromatic N) is 4. The number of benzene rings is 1. The smallest absolute Gasteiger partial charge is 0.255 e. The molecule has 1 aromatic carbocycles. The van der Waals surface area contributed by atoms with Gasteiger partial charge in [-0.25, -0.2) is 9.97 Å². The Morgan fingerprint density at radius 2 is 1.86 bits per heavy atom. The monoisotopic (exact) mass is 378 g/mol. The van der Waals surface area contributed by atoms with Gasteiger partial charge < -0.3 is 10.6 Å². The maximum Gasteiger partial charge on any atom is 0.255 e. The van der Waals surface area contributed by atoms with Gasteiger partial charge in [-0.1, -0.05) is 31.0 Å². The van der Waals surface area contributed by atoms with E-state index < -0.39 is 0 Å². The maximum absolute atomic E-state index is 12.5. The molecule has 0 unspecified atom stereocenters. The van der Waals surface area contributed by atoms with Gasteiger partial charge in [-0.3, -0.25) is 4.79 Å². The second-order valence-corrected chi connectivity index (χ2v) is 6.92. The fourth-order valence-corrected chi connectivity index (χ4v) is 3.40. The van der Waals surface area contributed by atoms with Crippen LogP contribution in [0.3, 0.4) is 0 Å². The van der Waals surface area contributed by atoms with E-state index in [2.05, 4.69) is 30.6 Å². The summed E-state index contributed by atoms with van der Waals surface area (Å²) in [7, 11) is 0. The Kier molecular flexibility index (Phi) is 5.23. The third-order valence-electron chi connectivity index (χ3n) is 4.78. The first-order valence-corrected chi connectivity index (χ1v) is 9.49. The summed E-state index contributed by atoms with van der Waals surface area (Å²) in [6.45, 7) is 1.86. The molecule has 7 nitrogen and oxygen atoms in total. The minimum Gasteiger partial charge on any atom is -0.322 e. The lowest BCUT2D eigenvalue weighted by Gasteiger charge is -2.11. The van der Waals surface area contributed by atoms with E-state index in [0.717, 1.165) is 24.4 Å². The molecule has 2 heterocycles. The molecule has 2 aromatic heterocycles. The molecule has 1 amide bonds. The van der Waals surface area contributed by atoms with E-state index in [1.54, 1.807) is 18.3 Å². The van der Waals surface area contributed by atoms with Gasteiger partial charge in [0.15, 0.2) is 0 Å². The largest absolute Gasteiger partial charge is 0.322 e. The summed E-state index contributed by atoms with van der Waals surface area (Å²) in [5, 5.41) is 5.98. The third kappa shape index (κ3) is 4.31. The third-order valence-corrected chi connectivity index (χ3v) is 4.78. The summed E-state index contributed by atoms with van der Waals surface area (Å²) in [5.41, 5.74) is 1.25. The van der Waals surface area contributed by atoms with Gasteiger partial charge in [-0.15, -0.1) is 0 Å². The predicted octanol–water partition coefficient (Wildman–Crippen LogP) is 4.72. The zero-order valence-corrected chi connectivity index (χ0v) is 15.7. The molecule has 1 fully saturated rings. The van der Waals surface area contributed by atoms with Gasteiger partial charge in [0.05, 0.1) is 0 Å². The fraction of sp³-hybridized carbons (Fsp3) is 0.286. The van der Waals surface area contributed by atoms with Crippen molar-refractivity contribution in [3.63, 3.8) is 0 Å². The van der Waals surface area contributed by atoms with Crippen molar-refractivity contribution in [2.24, 2.45) is 0 Å². The number of nitrogens with one attached hydrogen (secondary N) is 2. The predicted molar refractivity (Wildman–Crippen MR) is 112 cm³/mol. The number of para-hydroxylation sites is 1. The van der Waals surface area contributed by atoms with E-state index in [9.17, 15) is 4.79 Å². The van der Waals surface area contributed by atoms with Crippen molar-refractivity contribution in [1.82, 2.24) is 19.9 Å². The van der Waals surface area contributed by atoms with Gasteiger partial charge in [0.2, 0.25) is 5.95 Å². The first kappa shape index (κ1) is 18.0. The molecule has 1 saturated carbocycles. The molecule has 2 N–H and O–H groups in total. The van der Waals surface area contributed by atoms with Crippen LogP contribution in [0.25, 0.3) is 0 Å². The van der Waals surface area contributed by atoms with Crippen LogP contribution in [0.2, 0.25) is 0 Å². The van der Waals surface area contributed by atoms with E-state index in [0.29, 0.717) is 29.1 Å². The number of amides is 1. The fourth-order valence-electron chi connectivity index (χ4n) is 3.40. The van der Waals surface area contributed by atoms with E-state index in [4.69, 9.17) is 0 Å². The second-order valence-electron chi connectivity index (χ2n) is 6.92. The zero-order valence-electron chi connectivity index (χ0n) is 15.7. The van der Waals surface area contributed by atoms with Crippen molar-refractivity contribution in [2.45, 2.75) is 38.5 Å². The van der Waals surface area contributed by atoms with Crippen molar-refractivity contribution in [1.29, 1.82) is 0 Å². The van der Waals surface area contributed by atoms with Gasteiger partial charge in [0, 0.05) is 26.2 Å². The molecule has 0 atom stereocenters. The van der Waals surface area contributed by atoms with Crippen LogP contribution >= 0.6 is 0 Å². The molecular weight excluding hydrogens is 352 g/mol. The lowest BCUT2D eigenvalue weighted by atomic mass is 10.1. The standard InChI is InChI=1S/C21H22N6O.2H2/c1-14-23-19(15-7-5-6-8-15)27-21(24-14)26-18-13-16(11-12-22-18)20(28)25-17-9-3-2-4-10-17;;/h2-4,9-13,15H,5-8H2,1H3,(H,25,28)(H,22,23,24,26,27);2*1H. The van der Waals surface area contributed by atoms with Crippen LogP contribution in [0.4, 0.5) is 17.5 Å². The van der Waals surface area contributed by atoms with Crippen LogP contribution in [0.5, 0.6) is 0 Å². The van der Waals surface area contributed by atoms with Crippen molar-refractivity contribution in [3.8, 4) is 0 Å². The van der Waals surface area contributed by atoms with E-state index in [1.165, 1.54) is 12.8 Å². The molecule has 7 heteroatoms. The van der Waals surface area contributed by atoms with Gasteiger partial charge in [-0.05, 0) is 44.0 Å². The van der Waals surface area contributed by atoms with Crippen LogP contribution in [-0.2, 0) is 0 Å². The van der Waals surface area contributed by atoms with Crippen LogP contribution in [0, 0.1) is 6.92 Å². The maximum atomic E-state index is 12.5. The molecule has 146 valence electrons. The highest BCUT2D eigenvalue weighted by molar-refractivity contribution is 6.04. The van der Waals surface area contributed by atoms with E-state index in [1.807, 2.05) is 37.3 Å². The van der Waals surface area contributed by atoms with Gasteiger partial charge in [-0.2, -0.15) is 9.97 Å². The number of carbonyl (C=O) groups excluding carboxylic acids is 1. The minimum atomic E-state index is -0.199. The molecule has 4 rings (SSSR count). The highest BCUT2D eigenvalue weighted by Gasteiger charge is 2.21. The van der Waals surface area contributed by atoms with Crippen molar-refractivity contribution in [3.05, 3.63) is 65.9 Å². The highest BCUT2D eigenvalue weighted by Crippen LogP contribution is 2.32. The Balaban J connectivity index is 0.00000160. The van der Waals surface area contributed by atoms with Crippen molar-refractivity contribution in [2.75, 3.05) is 10.6 Å². The molecule has 0 aliphatic heterocycles. The summed E-state index contributed by atoms with van der Waals surface area (Å²) in [6, 6.07) is 12.7. The van der Waals surface area contributed by atoms with Gasteiger partial charge in [0.1, 0.15) is 17.5 Å². The van der Waals surface area contributed by atoms with Crippen molar-refractivity contribution < 1.29 is 7.65 Å². The first-order chi connectivity index (χ1) is 13.7. The Labute approximate surface area is 166 Å². The number of anilines is 3. The van der Waals surface area contributed by atoms with Crippen LogP contribution < -0.4 is 10.6 Å². The average Bonchev–Trinajstić information content (AvgIpc) is 3.23. The SMILES string of the molecule is Cc1nc(Nc2cc(C(=O)Nc3ccccc3)ccn2)nc(C2CCCC2)n1.[HH].[HH]. The molecule has 1 aliphatic carbocycles. The van der Waals surface area contributed by atoms with Crippen molar-refractivity contribution >= 4 is 23.4 Å². The molecule has 1 aliphatic rings. The summed E-state index contributed by atoms with van der Waals surface area (Å²) in [5.74, 6) is 2.70. The summed E-state index contributed by atoms with van der Waals surface area (Å²) >= 11 is 0. The molecule has 28 heavy (non-hydrogen) atoms. The Morgan fingerprint density at radius 3 is 2.64 bits per heavy atom. The number of hydrogen-bond acceptors (Lipinski definition) is 6. The lowest BCUT2D eigenvalue weighted by Crippen LogP contribution is -2.13. The number of rotatable bonds is 5. The Bertz CT molecular complexity index is 980. The van der Waals surface area contributed by atoms with Crippen LogP contribution in [-0.4, -0.2) is 25.8 Å². The lowest BCUT2D eigenvalue weighted by molar-refractivity contribution is 0.102. The second kappa shape index (κ2) is 8.12. The first-order valence-electron chi connectivity index (χ1n) is 9.49. The normalized spacial score (nSPS) is 14.0. The average molecular weight is 378 g/mol. The number of aryl methyl sites for hydroxylation is 1. The molecule has 0 spiro atoms. The topological polar surface area (TPSA) is 92.7 Å². The minimum absolute atomic E-state index is 0. The van der Waals surface area contributed by atoms with Crippen LogP contribution in [0.1, 0.15) is 56.5 Å². The van der Waals surface area contributed by atoms with Gasteiger partial charge in [0.25, 0.3) is 5.91 Å². The Morgan fingerprint density at radius 1 is 1.07 bits per heavy atom. The number of hydrogen-bond donors (Lipinski definition) is 2. The highest BCUT2D eigenvalue weighted by atomic mass is 16.1. The van der Waals surface area contributed by atoms with Gasteiger partial charge >= 0.3 is 0 Å². The molecule has 0 bridgehead atoms. The molecule has 3 aromatic rings. The molecule has 0 radical (unpaired) electrons. The number of carbonyl (C=O) groups is 1. The Hall–Kier alpha value is -3.35. The van der Waals surface area contributed by atoms with E-state index in [-0.39, 0.29) is 8.76 Å².